The molecule has 1 rings (SSSR count). The molecule has 0 bridgehead atoms. The molecule has 0 amide bonds. The van der Waals surface area contributed by atoms with Gasteiger partial charge in [0.15, 0.2) is 0 Å². The van der Waals surface area contributed by atoms with Crippen LogP contribution >= 0.6 is 0 Å². The summed E-state index contributed by atoms with van der Waals surface area (Å²) in [6.07, 6.45) is 2.11. The van der Waals surface area contributed by atoms with E-state index in [1.807, 2.05) is 32.0 Å². The summed E-state index contributed by atoms with van der Waals surface area (Å²) in [5.74, 6) is 0.264. The van der Waals surface area contributed by atoms with E-state index in [-0.39, 0.29) is 5.97 Å². The fourth-order valence-corrected chi connectivity index (χ4v) is 1.38. The minimum absolute atomic E-state index is 0.220. The van der Waals surface area contributed by atoms with Crippen LogP contribution in [-0.2, 0) is 4.74 Å². The summed E-state index contributed by atoms with van der Waals surface area (Å²) in [6, 6.07) is 9.11. The van der Waals surface area contributed by atoms with Crippen molar-refractivity contribution in [2.45, 2.75) is 40.5 Å². The van der Waals surface area contributed by atoms with E-state index >= 15 is 0 Å². The highest BCUT2D eigenvalue weighted by Crippen LogP contribution is 2.09. The number of carbonyl (C=O) groups is 1. The molecule has 0 spiro atoms. The molecule has 17 heavy (non-hydrogen) atoms. The predicted molar refractivity (Wildman–Crippen MR) is 72.1 cm³/mol. The topological polar surface area (TPSA) is 26.3 Å². The minimum atomic E-state index is -0.220. The van der Waals surface area contributed by atoms with Crippen molar-refractivity contribution < 1.29 is 9.53 Å². The van der Waals surface area contributed by atoms with Gasteiger partial charge in [0.25, 0.3) is 0 Å². The van der Waals surface area contributed by atoms with Gasteiger partial charge >= 0.3 is 5.97 Å². The summed E-state index contributed by atoms with van der Waals surface area (Å²) < 4.78 is 5.23. The summed E-state index contributed by atoms with van der Waals surface area (Å²) in [7, 11) is 0. The van der Waals surface area contributed by atoms with E-state index in [0.717, 1.165) is 12.8 Å². The number of hydrogen-bond acceptors (Lipinski definition) is 2. The zero-order valence-electron chi connectivity index (χ0n) is 11.4. The molecule has 0 atom stereocenters. The van der Waals surface area contributed by atoms with Crippen molar-refractivity contribution in [2.75, 3.05) is 6.61 Å². The van der Waals surface area contributed by atoms with Gasteiger partial charge in [0.1, 0.15) is 0 Å². The number of hydrogen-bond donors (Lipinski definition) is 0. The van der Waals surface area contributed by atoms with Crippen molar-refractivity contribution in [2.24, 2.45) is 5.92 Å². The van der Waals surface area contributed by atoms with Crippen LogP contribution in [0.15, 0.2) is 30.3 Å². The first-order chi connectivity index (χ1) is 8.27. The third kappa shape index (κ3) is 6.10. The van der Waals surface area contributed by atoms with E-state index in [1.54, 1.807) is 12.1 Å². The van der Waals surface area contributed by atoms with Crippen molar-refractivity contribution in [1.82, 2.24) is 0 Å². The van der Waals surface area contributed by atoms with Crippen LogP contribution in [0.3, 0.4) is 0 Å². The van der Waals surface area contributed by atoms with Gasteiger partial charge in [-0.1, -0.05) is 58.7 Å². The van der Waals surface area contributed by atoms with Gasteiger partial charge in [-0.15, -0.1) is 0 Å². The van der Waals surface area contributed by atoms with Crippen molar-refractivity contribution in [1.29, 1.82) is 0 Å². The summed E-state index contributed by atoms with van der Waals surface area (Å²) >= 11 is 0. The zero-order valence-corrected chi connectivity index (χ0v) is 11.4. The quantitative estimate of drug-likeness (QED) is 0.712. The van der Waals surface area contributed by atoms with Crippen molar-refractivity contribution >= 4 is 5.97 Å². The zero-order chi connectivity index (χ0) is 13.1. The molecule has 0 radical (unpaired) electrons. The van der Waals surface area contributed by atoms with E-state index in [9.17, 15) is 4.79 Å². The van der Waals surface area contributed by atoms with Crippen LogP contribution in [0.1, 0.15) is 50.9 Å². The molecule has 96 valence electrons. The second-order valence-electron chi connectivity index (χ2n) is 3.65. The maximum atomic E-state index is 11.6. The van der Waals surface area contributed by atoms with E-state index in [2.05, 4.69) is 13.8 Å². The molecule has 0 aromatic heterocycles. The lowest BCUT2D eigenvalue weighted by Crippen LogP contribution is -2.13. The molecule has 0 N–H and O–H groups in total. The third-order valence-corrected chi connectivity index (χ3v) is 2.61. The maximum absolute atomic E-state index is 11.6. The predicted octanol–water partition coefficient (Wildman–Crippen LogP) is 4.31. The summed E-state index contributed by atoms with van der Waals surface area (Å²) in [5, 5.41) is 0. The second kappa shape index (κ2) is 9.88. The lowest BCUT2D eigenvalue weighted by molar-refractivity contribution is 0.0433. The van der Waals surface area contributed by atoms with Crippen LogP contribution in [0.2, 0.25) is 0 Å². The van der Waals surface area contributed by atoms with Gasteiger partial charge in [0.2, 0.25) is 0 Å². The Hall–Kier alpha value is -1.31. The number of benzene rings is 1. The number of carbonyl (C=O) groups excluding carboxylic acids is 1. The van der Waals surface area contributed by atoms with E-state index < -0.39 is 0 Å². The average Bonchev–Trinajstić information content (AvgIpc) is 2.43. The van der Waals surface area contributed by atoms with Crippen LogP contribution in [0.25, 0.3) is 0 Å². The van der Waals surface area contributed by atoms with Gasteiger partial charge in [-0.05, 0) is 18.1 Å². The Bertz CT molecular complexity index is 289. The SMILES string of the molecule is CC.CCC(CC)COC(=O)c1ccccc1. The third-order valence-electron chi connectivity index (χ3n) is 2.61. The first-order valence-corrected chi connectivity index (χ1v) is 6.50. The molecule has 0 fully saturated rings. The monoisotopic (exact) mass is 236 g/mol. The standard InChI is InChI=1S/C13H18O2.C2H6/c1-3-11(4-2)10-15-13(14)12-8-6-5-7-9-12;1-2/h5-9,11H,3-4,10H2,1-2H3;1-2H3. The number of rotatable bonds is 5. The highest BCUT2D eigenvalue weighted by molar-refractivity contribution is 5.89. The van der Waals surface area contributed by atoms with Gasteiger partial charge in [0.05, 0.1) is 12.2 Å². The van der Waals surface area contributed by atoms with Gasteiger partial charge in [0, 0.05) is 0 Å². The largest absolute Gasteiger partial charge is 0.462 e. The first-order valence-electron chi connectivity index (χ1n) is 6.50. The second-order valence-corrected chi connectivity index (χ2v) is 3.65. The first kappa shape index (κ1) is 15.7. The lowest BCUT2D eigenvalue weighted by Gasteiger charge is -2.12. The normalized spacial score (nSPS) is 9.47. The lowest BCUT2D eigenvalue weighted by atomic mass is 10.1. The molecule has 0 saturated carbocycles. The van der Waals surface area contributed by atoms with Gasteiger partial charge in [-0.2, -0.15) is 0 Å². The molecule has 2 heteroatoms. The minimum Gasteiger partial charge on any atom is -0.462 e. The van der Waals surface area contributed by atoms with Gasteiger partial charge < -0.3 is 4.74 Å². The fourth-order valence-electron chi connectivity index (χ4n) is 1.38. The highest BCUT2D eigenvalue weighted by atomic mass is 16.5. The molecule has 0 aliphatic rings. The van der Waals surface area contributed by atoms with Crippen LogP contribution < -0.4 is 0 Å². The molecular formula is C15H24O2. The maximum Gasteiger partial charge on any atom is 0.338 e. The van der Waals surface area contributed by atoms with Crippen LogP contribution in [0.5, 0.6) is 0 Å². The Morgan fingerprint density at radius 2 is 1.65 bits per heavy atom. The number of esters is 1. The van der Waals surface area contributed by atoms with E-state index in [4.69, 9.17) is 4.74 Å². The molecular weight excluding hydrogens is 212 g/mol. The molecule has 0 unspecified atom stereocenters. The van der Waals surface area contributed by atoms with Gasteiger partial charge in [-0.25, -0.2) is 4.79 Å². The molecule has 2 nitrogen and oxygen atoms in total. The Morgan fingerprint density at radius 3 is 2.12 bits per heavy atom. The molecule has 0 aliphatic carbocycles. The van der Waals surface area contributed by atoms with E-state index in [0.29, 0.717) is 18.1 Å². The van der Waals surface area contributed by atoms with Crippen molar-refractivity contribution in [3.8, 4) is 0 Å². The van der Waals surface area contributed by atoms with E-state index in [1.165, 1.54) is 0 Å². The molecule has 0 heterocycles. The van der Waals surface area contributed by atoms with Crippen molar-refractivity contribution in [3.63, 3.8) is 0 Å². The van der Waals surface area contributed by atoms with Crippen LogP contribution in [0.4, 0.5) is 0 Å². The Kier molecular flexibility index (Phi) is 9.12. The van der Waals surface area contributed by atoms with Crippen LogP contribution in [-0.4, -0.2) is 12.6 Å². The fraction of sp³-hybridized carbons (Fsp3) is 0.533. The Labute approximate surface area is 105 Å². The Balaban J connectivity index is 0.00000121. The summed E-state index contributed by atoms with van der Waals surface area (Å²) in [5.41, 5.74) is 0.628. The average molecular weight is 236 g/mol. The van der Waals surface area contributed by atoms with Crippen molar-refractivity contribution in [3.05, 3.63) is 35.9 Å². The number of ether oxygens (including phenoxy) is 1. The molecule has 0 aliphatic heterocycles. The van der Waals surface area contributed by atoms with Gasteiger partial charge in [-0.3, -0.25) is 0 Å². The highest BCUT2D eigenvalue weighted by Gasteiger charge is 2.09. The smallest absolute Gasteiger partial charge is 0.338 e. The Morgan fingerprint density at radius 1 is 1.12 bits per heavy atom. The summed E-state index contributed by atoms with van der Waals surface area (Å²) in [4.78, 5) is 11.6. The summed E-state index contributed by atoms with van der Waals surface area (Å²) in [6.45, 7) is 8.76. The molecule has 0 saturated heterocycles. The molecule has 1 aromatic carbocycles. The van der Waals surface area contributed by atoms with Crippen LogP contribution in [0, 0.1) is 5.92 Å². The molecule has 1 aromatic rings.